The van der Waals surface area contributed by atoms with E-state index in [2.05, 4.69) is 75.6 Å². The number of carbonyl (C=O) groups is 3. The van der Waals surface area contributed by atoms with Gasteiger partial charge in [-0.3, -0.25) is 9.59 Å². The minimum absolute atomic E-state index is 0.0159. The van der Waals surface area contributed by atoms with Gasteiger partial charge in [-0.15, -0.1) is 0 Å². The molecule has 4 unspecified atom stereocenters. The zero-order valence-corrected chi connectivity index (χ0v) is 34.2. The van der Waals surface area contributed by atoms with Crippen LogP contribution in [-0.2, 0) is 19.1 Å². The lowest BCUT2D eigenvalue weighted by Crippen LogP contribution is -2.51. The average Bonchev–Trinajstić information content (AvgIpc) is 3.68. The van der Waals surface area contributed by atoms with Crippen molar-refractivity contribution in [2.45, 2.75) is 130 Å². The highest BCUT2D eigenvalue weighted by molar-refractivity contribution is 5.79. The summed E-state index contributed by atoms with van der Waals surface area (Å²) in [4.78, 5) is 37.8. The first-order valence-corrected chi connectivity index (χ1v) is 21.7. The number of nitrogens with one attached hydrogen (secondary N) is 2. The summed E-state index contributed by atoms with van der Waals surface area (Å²) >= 11 is 0. The monoisotopic (exact) mass is 750 g/mol. The molecule has 0 aromatic heterocycles. The van der Waals surface area contributed by atoms with E-state index in [0.29, 0.717) is 5.41 Å². The van der Waals surface area contributed by atoms with Crippen molar-refractivity contribution >= 4 is 18.0 Å². The van der Waals surface area contributed by atoms with Gasteiger partial charge in [-0.2, -0.15) is 0 Å². The van der Waals surface area contributed by atoms with E-state index in [1.54, 1.807) is 0 Å². The standard InChI is InChI=1S/C48H66N2O5/c1-31(2)11-10-12-32(3)41-19-20-42-39-18-17-33-29-34(21-25-47(33,4)43(39)22-26-48(41,42)5)55-45(52)24-28-49-44(51)23-27-50-46(53)54-30-40-37-15-8-6-13-35(37)36-14-7-9-16-38(36)40/h6-9,13-17,31-32,34,39-43H,10-12,18-30H2,1-5H3,(H,49,51)(H,50,53)/t32-,34+,39+,41?,42+,43?,47?,48?/m1/s1. The smallest absolute Gasteiger partial charge is 0.407 e. The van der Waals surface area contributed by atoms with Gasteiger partial charge < -0.3 is 20.1 Å². The Labute approximate surface area is 330 Å². The fourth-order valence-corrected chi connectivity index (χ4v) is 12.3. The summed E-state index contributed by atoms with van der Waals surface area (Å²) in [6.45, 7) is 13.0. The van der Waals surface area contributed by atoms with E-state index in [1.807, 2.05) is 24.3 Å². The number of benzene rings is 2. The van der Waals surface area contributed by atoms with Crippen LogP contribution in [0.3, 0.4) is 0 Å². The summed E-state index contributed by atoms with van der Waals surface area (Å²) in [5.74, 6) is 4.38. The van der Waals surface area contributed by atoms with Gasteiger partial charge >= 0.3 is 12.1 Å². The van der Waals surface area contributed by atoms with Crippen molar-refractivity contribution in [1.82, 2.24) is 10.6 Å². The van der Waals surface area contributed by atoms with E-state index in [0.717, 1.165) is 65.9 Å². The normalized spacial score (nSPS) is 29.9. The van der Waals surface area contributed by atoms with Crippen molar-refractivity contribution in [3.8, 4) is 11.1 Å². The molecule has 2 aromatic rings. The highest BCUT2D eigenvalue weighted by Gasteiger charge is 2.59. The molecule has 298 valence electrons. The van der Waals surface area contributed by atoms with Crippen LogP contribution >= 0.6 is 0 Å². The van der Waals surface area contributed by atoms with Gasteiger partial charge in [0.25, 0.3) is 0 Å². The predicted octanol–water partition coefficient (Wildman–Crippen LogP) is 10.4. The summed E-state index contributed by atoms with van der Waals surface area (Å²) in [6.07, 6.45) is 15.8. The SMILES string of the molecule is CC(C)CCC[C@@H](C)C1CC[C@H]2[C@@H]3CC=C4C[C@@H](OC(=O)CCNC(=O)CCNC(=O)OCC5c6ccccc6-c6ccccc65)CCC4(C)C3CCC12C. The Morgan fingerprint density at radius 3 is 2.25 bits per heavy atom. The van der Waals surface area contributed by atoms with E-state index in [4.69, 9.17) is 9.47 Å². The maximum Gasteiger partial charge on any atom is 0.407 e. The zero-order valence-electron chi connectivity index (χ0n) is 34.2. The van der Waals surface area contributed by atoms with Crippen molar-refractivity contribution in [3.05, 3.63) is 71.3 Å². The van der Waals surface area contributed by atoms with Gasteiger partial charge in [0.2, 0.25) is 5.91 Å². The van der Waals surface area contributed by atoms with Gasteiger partial charge in [-0.25, -0.2) is 4.79 Å². The lowest BCUT2D eigenvalue weighted by molar-refractivity contribution is -0.151. The number of esters is 1. The molecule has 0 bridgehead atoms. The number of alkyl carbamates (subject to hydrolysis) is 1. The van der Waals surface area contributed by atoms with E-state index < -0.39 is 6.09 Å². The quantitative estimate of drug-likeness (QED) is 0.148. The van der Waals surface area contributed by atoms with Gasteiger partial charge in [0.15, 0.2) is 0 Å². The van der Waals surface area contributed by atoms with Crippen LogP contribution in [0.4, 0.5) is 4.79 Å². The molecule has 2 N–H and O–H groups in total. The van der Waals surface area contributed by atoms with Gasteiger partial charge in [0.1, 0.15) is 12.7 Å². The molecule has 0 radical (unpaired) electrons. The zero-order chi connectivity index (χ0) is 38.7. The summed E-state index contributed by atoms with van der Waals surface area (Å²) in [5.41, 5.74) is 6.89. The maximum atomic E-state index is 12.9. The Morgan fingerprint density at radius 1 is 0.818 bits per heavy atom. The topological polar surface area (TPSA) is 93.7 Å². The van der Waals surface area contributed by atoms with Gasteiger partial charge in [-0.05, 0) is 114 Å². The number of fused-ring (bicyclic) bond motifs is 8. The second kappa shape index (κ2) is 16.9. The summed E-state index contributed by atoms with van der Waals surface area (Å²) in [6, 6.07) is 16.4. The third-order valence-corrected chi connectivity index (χ3v) is 15.2. The van der Waals surface area contributed by atoms with Crippen LogP contribution in [-0.4, -0.2) is 43.8 Å². The van der Waals surface area contributed by atoms with Crippen LogP contribution in [0.5, 0.6) is 0 Å². The van der Waals surface area contributed by atoms with Gasteiger partial charge in [0, 0.05) is 31.8 Å². The minimum atomic E-state index is -0.544. The second-order valence-corrected chi connectivity index (χ2v) is 18.7. The van der Waals surface area contributed by atoms with Crippen molar-refractivity contribution in [1.29, 1.82) is 0 Å². The number of hydrogen-bond donors (Lipinski definition) is 2. The van der Waals surface area contributed by atoms with E-state index >= 15 is 0 Å². The van der Waals surface area contributed by atoms with Crippen LogP contribution in [0.15, 0.2) is 60.2 Å². The Bertz CT molecular complexity index is 1690. The molecule has 7 rings (SSSR count). The molecule has 5 aliphatic rings. The maximum absolute atomic E-state index is 12.9. The van der Waals surface area contributed by atoms with E-state index in [-0.39, 0.29) is 61.9 Å². The lowest BCUT2D eigenvalue weighted by Gasteiger charge is -2.58. The van der Waals surface area contributed by atoms with Crippen molar-refractivity contribution in [3.63, 3.8) is 0 Å². The summed E-state index contributed by atoms with van der Waals surface area (Å²) in [7, 11) is 0. The molecule has 3 saturated carbocycles. The van der Waals surface area contributed by atoms with Crippen LogP contribution in [0.2, 0.25) is 0 Å². The van der Waals surface area contributed by atoms with Crippen molar-refractivity contribution in [2.24, 2.45) is 46.3 Å². The first kappa shape index (κ1) is 39.6. The van der Waals surface area contributed by atoms with E-state index in [1.165, 1.54) is 68.1 Å². The fourth-order valence-electron chi connectivity index (χ4n) is 12.3. The molecule has 7 nitrogen and oxygen atoms in total. The largest absolute Gasteiger partial charge is 0.462 e. The fraction of sp³-hybridized carbons (Fsp3) is 0.646. The van der Waals surface area contributed by atoms with E-state index in [9.17, 15) is 14.4 Å². The number of hydrogen-bond acceptors (Lipinski definition) is 5. The minimum Gasteiger partial charge on any atom is -0.462 e. The molecule has 7 heteroatoms. The lowest BCUT2D eigenvalue weighted by atomic mass is 9.47. The second-order valence-electron chi connectivity index (χ2n) is 18.7. The van der Waals surface area contributed by atoms with Crippen molar-refractivity contribution in [2.75, 3.05) is 19.7 Å². The first-order chi connectivity index (χ1) is 26.5. The van der Waals surface area contributed by atoms with Crippen LogP contribution < -0.4 is 10.6 Å². The third kappa shape index (κ3) is 8.28. The molecule has 2 aromatic carbocycles. The molecule has 2 amide bonds. The molecule has 0 saturated heterocycles. The molecule has 5 aliphatic carbocycles. The van der Waals surface area contributed by atoms with Crippen molar-refractivity contribution < 1.29 is 23.9 Å². The Balaban J connectivity index is 0.804. The van der Waals surface area contributed by atoms with Gasteiger partial charge in [0.05, 0.1) is 6.42 Å². The summed E-state index contributed by atoms with van der Waals surface area (Å²) in [5, 5.41) is 5.50. The Hall–Kier alpha value is -3.61. The highest BCUT2D eigenvalue weighted by atomic mass is 16.5. The Morgan fingerprint density at radius 2 is 1.53 bits per heavy atom. The molecule has 8 atom stereocenters. The third-order valence-electron chi connectivity index (χ3n) is 15.2. The molecular weight excluding hydrogens is 685 g/mol. The highest BCUT2D eigenvalue weighted by Crippen LogP contribution is 2.67. The van der Waals surface area contributed by atoms with Crippen LogP contribution in [0.1, 0.15) is 135 Å². The van der Waals surface area contributed by atoms with Crippen LogP contribution in [0.25, 0.3) is 11.1 Å². The average molecular weight is 751 g/mol. The van der Waals surface area contributed by atoms with Crippen LogP contribution in [0, 0.1) is 46.3 Å². The number of rotatable bonds is 14. The first-order valence-electron chi connectivity index (χ1n) is 21.7. The number of ether oxygens (including phenoxy) is 2. The number of amides is 2. The molecule has 3 fully saturated rings. The Kier molecular flexibility index (Phi) is 12.1. The predicted molar refractivity (Wildman–Crippen MR) is 218 cm³/mol. The molecular formula is C48H66N2O5. The number of allylic oxidation sites excluding steroid dienone is 1. The van der Waals surface area contributed by atoms with Gasteiger partial charge in [-0.1, -0.05) is 114 Å². The molecule has 55 heavy (non-hydrogen) atoms. The molecule has 0 spiro atoms. The summed E-state index contributed by atoms with van der Waals surface area (Å²) < 4.78 is 11.6. The molecule has 0 aliphatic heterocycles. The molecule has 0 heterocycles. The number of carbonyl (C=O) groups excluding carboxylic acids is 3.